The number of benzene rings is 3. The van der Waals surface area contributed by atoms with E-state index in [9.17, 15) is 14.7 Å². The molecule has 0 fully saturated rings. The van der Waals surface area contributed by atoms with Gasteiger partial charge < -0.3 is 48.9 Å². The molecule has 15 heteroatoms. The predicted molar refractivity (Wildman–Crippen MR) is 177 cm³/mol. The number of carbonyl (C=O) groups excluding carboxylic acids is 2. The van der Waals surface area contributed by atoms with Gasteiger partial charge in [0.1, 0.15) is 13.2 Å². The summed E-state index contributed by atoms with van der Waals surface area (Å²) in [5, 5.41) is 20.0. The lowest BCUT2D eigenvalue weighted by molar-refractivity contribution is -0.136. The normalized spacial score (nSPS) is 15.8. The third-order valence-electron chi connectivity index (χ3n) is 7.21. The van der Waals surface area contributed by atoms with Gasteiger partial charge in [-0.15, -0.1) is 0 Å². The van der Waals surface area contributed by atoms with Crippen LogP contribution < -0.4 is 44.5 Å². The molecule has 0 saturated heterocycles. The zero-order chi connectivity index (χ0) is 34.2. The Labute approximate surface area is 285 Å². The smallest absolute Gasteiger partial charge is 0.337 e. The monoisotopic (exact) mass is 726 g/mol. The Morgan fingerprint density at radius 3 is 2.62 bits per heavy atom. The Hall–Kier alpha value is -5.15. The van der Waals surface area contributed by atoms with E-state index in [2.05, 4.69) is 37.1 Å². The quantitative estimate of drug-likeness (QED) is 0.0810. The van der Waals surface area contributed by atoms with Gasteiger partial charge in [-0.1, -0.05) is 12.1 Å². The lowest BCUT2D eigenvalue weighted by Crippen LogP contribution is -2.45. The number of aliphatic hydroxyl groups excluding tert-OH is 1. The number of allylic oxidation sites excluding steroid dienone is 1. The second-order valence-corrected chi connectivity index (χ2v) is 11.3. The van der Waals surface area contributed by atoms with Gasteiger partial charge in [-0.05, 0) is 77.3 Å². The van der Waals surface area contributed by atoms with Gasteiger partial charge >= 0.3 is 12.0 Å². The van der Waals surface area contributed by atoms with Crippen molar-refractivity contribution in [1.82, 2.24) is 16.1 Å². The number of methoxy groups -OCH3 is 2. The van der Waals surface area contributed by atoms with E-state index < -0.39 is 24.3 Å². The fourth-order valence-corrected chi connectivity index (χ4v) is 5.35. The molecular weight excluding hydrogens is 692 g/mol. The third-order valence-corrected chi connectivity index (χ3v) is 7.90. The third kappa shape index (κ3) is 8.04. The highest BCUT2D eigenvalue weighted by Crippen LogP contribution is 2.37. The summed E-state index contributed by atoms with van der Waals surface area (Å²) < 4.78 is 39.5. The topological polar surface area (TPSA) is 167 Å². The summed E-state index contributed by atoms with van der Waals surface area (Å²) >= 11 is 3.54. The number of hydrazone groups is 1. The molecule has 2 amide bonds. The van der Waals surface area contributed by atoms with Crippen molar-refractivity contribution in [1.29, 1.82) is 0 Å². The lowest BCUT2D eigenvalue weighted by Gasteiger charge is -2.28. The van der Waals surface area contributed by atoms with Crippen LogP contribution in [0.25, 0.3) is 0 Å². The van der Waals surface area contributed by atoms with E-state index in [1.807, 2.05) is 25.1 Å². The maximum Gasteiger partial charge on any atom is 0.337 e. The van der Waals surface area contributed by atoms with Crippen LogP contribution in [0.2, 0.25) is 0 Å². The highest BCUT2D eigenvalue weighted by Gasteiger charge is 2.32. The summed E-state index contributed by atoms with van der Waals surface area (Å²) in [6, 6.07) is 12.9. The van der Waals surface area contributed by atoms with Crippen LogP contribution in [0.5, 0.6) is 34.5 Å². The molecule has 4 N–H and O–H groups in total. The maximum atomic E-state index is 12.5. The Kier molecular flexibility index (Phi) is 11.1. The number of rotatable bonds is 14. The minimum atomic E-state index is -1.18. The number of urea groups is 1. The predicted octanol–water partition coefficient (Wildman–Crippen LogP) is 4.29. The second kappa shape index (κ2) is 15.6. The first-order valence-corrected chi connectivity index (χ1v) is 15.6. The van der Waals surface area contributed by atoms with Crippen molar-refractivity contribution in [3.63, 3.8) is 0 Å². The summed E-state index contributed by atoms with van der Waals surface area (Å²) in [5.74, 6) is 2.51. The number of nitrogens with one attached hydrogen (secondary N) is 3. The Morgan fingerprint density at radius 1 is 1.06 bits per heavy atom. The Bertz CT molecular complexity index is 1730. The molecule has 0 spiro atoms. The van der Waals surface area contributed by atoms with Crippen molar-refractivity contribution in [3.05, 3.63) is 81.0 Å². The molecule has 254 valence electrons. The molecule has 3 aromatic carbocycles. The van der Waals surface area contributed by atoms with Crippen LogP contribution in [-0.4, -0.2) is 63.8 Å². The zero-order valence-electron chi connectivity index (χ0n) is 26.6. The molecule has 2 atom stereocenters. The van der Waals surface area contributed by atoms with Crippen molar-refractivity contribution in [3.8, 4) is 34.5 Å². The van der Waals surface area contributed by atoms with Gasteiger partial charge in [0.15, 0.2) is 40.7 Å². The van der Waals surface area contributed by atoms with Crippen LogP contribution in [0.3, 0.4) is 0 Å². The average Bonchev–Trinajstić information content (AvgIpc) is 3.55. The van der Waals surface area contributed by atoms with E-state index in [1.54, 1.807) is 37.3 Å². The van der Waals surface area contributed by atoms with Crippen molar-refractivity contribution in [2.24, 2.45) is 5.10 Å². The molecule has 0 unspecified atom stereocenters. The van der Waals surface area contributed by atoms with E-state index in [4.69, 9.17) is 33.2 Å². The number of amides is 2. The van der Waals surface area contributed by atoms with Crippen LogP contribution in [0.15, 0.2) is 69.4 Å². The molecule has 0 radical (unpaired) electrons. The molecule has 0 aliphatic carbocycles. The van der Waals surface area contributed by atoms with E-state index in [0.29, 0.717) is 62.4 Å². The molecule has 0 saturated carbocycles. The SMILES string of the molecule is CCOc1cc([C@@H]2NC(=O)NC(C)=C2C(=O)OC)ccc1OC[C@@H](O)N/N=C\c1cc(OC)c(OCc2ccc3c(c2)OCO3)cc1Br. The molecule has 3 aromatic rings. The molecule has 48 heavy (non-hydrogen) atoms. The standard InChI is InChI=1S/C33H35BrN4O10/c1-5-44-27-11-20(31-30(32(40)43-4)18(2)36-33(41)37-31)7-9-23(27)46-16-29(39)38-35-14-21-12-25(42-3)28(13-22(21)34)45-15-19-6-8-24-26(10-19)48-17-47-24/h6-14,29,31,38-39H,5,15-17H2,1-4H3,(H2,36,37,41)/b35-14-/t29-,31+/m1/s1. The average molecular weight is 728 g/mol. The largest absolute Gasteiger partial charge is 0.493 e. The number of fused-ring (bicyclic) bond motifs is 1. The summed E-state index contributed by atoms with van der Waals surface area (Å²) in [4.78, 5) is 24.7. The molecule has 0 aromatic heterocycles. The minimum absolute atomic E-state index is 0.176. The number of ether oxygens (including phenoxy) is 7. The van der Waals surface area contributed by atoms with Gasteiger partial charge in [-0.25, -0.2) is 9.59 Å². The number of hydrogen-bond donors (Lipinski definition) is 4. The molecule has 2 aliphatic rings. The second-order valence-electron chi connectivity index (χ2n) is 10.4. The van der Waals surface area contributed by atoms with E-state index >= 15 is 0 Å². The van der Waals surface area contributed by atoms with E-state index in [0.717, 1.165) is 5.56 Å². The first kappa shape index (κ1) is 34.2. The highest BCUT2D eigenvalue weighted by atomic mass is 79.9. The van der Waals surface area contributed by atoms with Gasteiger partial charge in [-0.3, -0.25) is 5.43 Å². The number of halogens is 1. The minimum Gasteiger partial charge on any atom is -0.493 e. The van der Waals surface area contributed by atoms with Crippen molar-refractivity contribution in [2.75, 3.05) is 34.2 Å². The van der Waals surface area contributed by atoms with E-state index in [1.165, 1.54) is 20.4 Å². The Morgan fingerprint density at radius 2 is 1.85 bits per heavy atom. The van der Waals surface area contributed by atoms with Gasteiger partial charge in [-0.2, -0.15) is 5.10 Å². The van der Waals surface area contributed by atoms with Gasteiger partial charge in [0.05, 0.1) is 38.7 Å². The van der Waals surface area contributed by atoms with Crippen molar-refractivity contribution < 1.29 is 47.9 Å². The van der Waals surface area contributed by atoms with Crippen LogP contribution in [-0.2, 0) is 16.1 Å². The van der Waals surface area contributed by atoms with Crippen LogP contribution >= 0.6 is 15.9 Å². The fourth-order valence-electron chi connectivity index (χ4n) is 4.93. The summed E-state index contributed by atoms with van der Waals surface area (Å²) in [5.41, 5.74) is 5.42. The molecule has 14 nitrogen and oxygen atoms in total. The number of aliphatic hydroxyl groups is 1. The van der Waals surface area contributed by atoms with Crippen LogP contribution in [0.1, 0.15) is 36.6 Å². The lowest BCUT2D eigenvalue weighted by atomic mass is 9.95. The molecule has 0 bridgehead atoms. The zero-order valence-corrected chi connectivity index (χ0v) is 28.2. The molecule has 2 aliphatic heterocycles. The first-order chi connectivity index (χ1) is 23.2. The molecule has 2 heterocycles. The summed E-state index contributed by atoms with van der Waals surface area (Å²) in [7, 11) is 2.81. The summed E-state index contributed by atoms with van der Waals surface area (Å²) in [6.45, 7) is 4.06. The van der Waals surface area contributed by atoms with E-state index in [-0.39, 0.29) is 25.6 Å². The molecular formula is C33H35BrN4O10. The summed E-state index contributed by atoms with van der Waals surface area (Å²) in [6.07, 6.45) is 0.333. The van der Waals surface area contributed by atoms with Crippen LogP contribution in [0.4, 0.5) is 4.79 Å². The maximum absolute atomic E-state index is 12.5. The fraction of sp³-hybridized carbons (Fsp3) is 0.303. The number of esters is 1. The number of hydrogen-bond acceptors (Lipinski definition) is 12. The molecule has 5 rings (SSSR count). The highest BCUT2D eigenvalue weighted by molar-refractivity contribution is 9.10. The van der Waals surface area contributed by atoms with Gasteiger partial charge in [0, 0.05) is 15.7 Å². The van der Waals surface area contributed by atoms with Crippen LogP contribution in [0, 0.1) is 0 Å². The van der Waals surface area contributed by atoms with Crippen molar-refractivity contribution >= 4 is 34.1 Å². The first-order valence-electron chi connectivity index (χ1n) is 14.8. The number of nitrogens with zero attached hydrogens (tertiary/aromatic N) is 1. The number of carbonyl (C=O) groups is 2. The Balaban J connectivity index is 1.20. The van der Waals surface area contributed by atoms with Crippen molar-refractivity contribution in [2.45, 2.75) is 32.7 Å². The van der Waals surface area contributed by atoms with Gasteiger partial charge in [0.25, 0.3) is 0 Å². The van der Waals surface area contributed by atoms with Gasteiger partial charge in [0.2, 0.25) is 6.79 Å².